The second kappa shape index (κ2) is 7.74. The maximum atomic E-state index is 12.8. The van der Waals surface area contributed by atoms with E-state index in [1.54, 1.807) is 6.07 Å². The fourth-order valence-electron chi connectivity index (χ4n) is 2.67. The van der Waals surface area contributed by atoms with Crippen LogP contribution in [-0.4, -0.2) is 30.1 Å². The minimum atomic E-state index is -4.41. The van der Waals surface area contributed by atoms with Gasteiger partial charge >= 0.3 is 6.18 Å². The number of carbonyl (C=O) groups excluding carboxylic acids is 1. The first kappa shape index (κ1) is 18.2. The molecule has 1 fully saturated rings. The molecule has 1 atom stereocenters. The molecule has 1 unspecified atom stereocenters. The fourth-order valence-corrected chi connectivity index (χ4v) is 2.67. The lowest BCUT2D eigenvalue weighted by atomic mass is 10.2. The van der Waals surface area contributed by atoms with Gasteiger partial charge in [0.2, 0.25) is 0 Å². The number of halogens is 3. The van der Waals surface area contributed by atoms with Crippen LogP contribution in [0.5, 0.6) is 0 Å². The normalized spacial score (nSPS) is 17.1. The van der Waals surface area contributed by atoms with Gasteiger partial charge < -0.3 is 15.4 Å². The molecule has 0 radical (unpaired) electrons. The molecule has 0 saturated carbocycles. The molecular formula is C18H18F3N3O2. The summed E-state index contributed by atoms with van der Waals surface area (Å²) in [7, 11) is 0. The van der Waals surface area contributed by atoms with E-state index in [0.717, 1.165) is 25.0 Å². The van der Waals surface area contributed by atoms with E-state index >= 15 is 0 Å². The first-order chi connectivity index (χ1) is 12.4. The Balaban J connectivity index is 1.66. The van der Waals surface area contributed by atoms with E-state index in [2.05, 4.69) is 15.6 Å². The van der Waals surface area contributed by atoms with Crippen molar-refractivity contribution in [3.05, 3.63) is 53.9 Å². The lowest BCUT2D eigenvalue weighted by Gasteiger charge is -2.12. The molecular weight excluding hydrogens is 347 g/mol. The van der Waals surface area contributed by atoms with Gasteiger partial charge in [-0.05, 0) is 43.2 Å². The van der Waals surface area contributed by atoms with Crippen molar-refractivity contribution < 1.29 is 22.7 Å². The van der Waals surface area contributed by atoms with Crippen molar-refractivity contribution in [2.75, 3.05) is 18.5 Å². The van der Waals surface area contributed by atoms with Crippen LogP contribution in [0.2, 0.25) is 0 Å². The van der Waals surface area contributed by atoms with Gasteiger partial charge in [-0.25, -0.2) is 0 Å². The highest BCUT2D eigenvalue weighted by Crippen LogP contribution is 2.31. The van der Waals surface area contributed by atoms with Crippen molar-refractivity contribution in [3.8, 4) is 0 Å². The molecule has 2 aromatic rings. The number of pyridine rings is 1. The number of nitrogens with zero attached hydrogens (tertiary/aromatic N) is 1. The summed E-state index contributed by atoms with van der Waals surface area (Å²) in [4.78, 5) is 16.2. The third-order valence-corrected chi connectivity index (χ3v) is 3.99. The van der Waals surface area contributed by atoms with E-state index in [1.807, 2.05) is 0 Å². The van der Waals surface area contributed by atoms with Crippen LogP contribution in [0.25, 0.3) is 0 Å². The SMILES string of the molecule is O=C(NCC1CCCO1)c1cc(Nc2cccc(C(F)(F)F)c2)ccn1. The summed E-state index contributed by atoms with van der Waals surface area (Å²) in [5, 5.41) is 5.62. The number of nitrogens with one attached hydrogen (secondary N) is 2. The summed E-state index contributed by atoms with van der Waals surface area (Å²) in [5.74, 6) is -0.354. The number of anilines is 2. The number of amides is 1. The Morgan fingerprint density at radius 3 is 2.77 bits per heavy atom. The summed E-state index contributed by atoms with van der Waals surface area (Å²) >= 11 is 0. The predicted octanol–water partition coefficient (Wildman–Crippen LogP) is 3.75. The zero-order valence-corrected chi connectivity index (χ0v) is 13.8. The Morgan fingerprint density at radius 2 is 2.04 bits per heavy atom. The average molecular weight is 365 g/mol. The average Bonchev–Trinajstić information content (AvgIpc) is 3.13. The van der Waals surface area contributed by atoms with Crippen molar-refractivity contribution in [3.63, 3.8) is 0 Å². The number of carbonyl (C=O) groups is 1. The molecule has 2 heterocycles. The molecule has 1 amide bonds. The summed E-state index contributed by atoms with van der Waals surface area (Å²) < 4.78 is 43.8. The number of aromatic nitrogens is 1. The molecule has 1 aliphatic rings. The highest BCUT2D eigenvalue weighted by molar-refractivity contribution is 5.93. The molecule has 26 heavy (non-hydrogen) atoms. The standard InChI is InChI=1S/C18H18F3N3O2/c19-18(20,21)12-3-1-4-13(9-12)24-14-6-7-22-16(10-14)17(25)23-11-15-5-2-8-26-15/h1,3-4,6-7,9-10,15H,2,5,8,11H2,(H,22,24)(H,23,25). The number of rotatable bonds is 5. The highest BCUT2D eigenvalue weighted by atomic mass is 19.4. The maximum absolute atomic E-state index is 12.8. The first-order valence-electron chi connectivity index (χ1n) is 8.22. The molecule has 1 saturated heterocycles. The summed E-state index contributed by atoms with van der Waals surface area (Å²) in [6.07, 6.45) is -1.08. The molecule has 1 aromatic heterocycles. The Bertz CT molecular complexity index is 774. The van der Waals surface area contributed by atoms with Gasteiger partial charge in [-0.1, -0.05) is 6.07 Å². The van der Waals surface area contributed by atoms with Crippen LogP contribution in [-0.2, 0) is 10.9 Å². The molecule has 2 N–H and O–H groups in total. The topological polar surface area (TPSA) is 63.2 Å². The van der Waals surface area contributed by atoms with Gasteiger partial charge in [-0.2, -0.15) is 13.2 Å². The molecule has 8 heteroatoms. The molecule has 1 aliphatic heterocycles. The number of hydrogen-bond acceptors (Lipinski definition) is 4. The summed E-state index contributed by atoms with van der Waals surface area (Å²) in [5.41, 5.74) is 0.185. The van der Waals surface area contributed by atoms with E-state index in [9.17, 15) is 18.0 Å². The second-order valence-corrected chi connectivity index (χ2v) is 5.98. The highest BCUT2D eigenvalue weighted by Gasteiger charge is 2.30. The predicted molar refractivity (Wildman–Crippen MR) is 90.3 cm³/mol. The largest absolute Gasteiger partial charge is 0.416 e. The van der Waals surface area contributed by atoms with Gasteiger partial charge in [0.05, 0.1) is 11.7 Å². The van der Waals surface area contributed by atoms with Crippen LogP contribution < -0.4 is 10.6 Å². The van der Waals surface area contributed by atoms with Crippen LogP contribution in [0.3, 0.4) is 0 Å². The monoisotopic (exact) mass is 365 g/mol. The number of hydrogen-bond donors (Lipinski definition) is 2. The van der Waals surface area contributed by atoms with Crippen molar-refractivity contribution in [2.45, 2.75) is 25.1 Å². The van der Waals surface area contributed by atoms with Crippen LogP contribution in [0.15, 0.2) is 42.6 Å². The Labute approximate surface area is 148 Å². The zero-order valence-electron chi connectivity index (χ0n) is 13.8. The fraction of sp³-hybridized carbons (Fsp3) is 0.333. The Hall–Kier alpha value is -2.61. The van der Waals surface area contributed by atoms with E-state index in [-0.39, 0.29) is 23.4 Å². The van der Waals surface area contributed by atoms with E-state index in [1.165, 1.54) is 24.4 Å². The molecule has 3 rings (SSSR count). The molecule has 1 aromatic carbocycles. The molecule has 5 nitrogen and oxygen atoms in total. The first-order valence-corrected chi connectivity index (χ1v) is 8.22. The number of ether oxygens (including phenoxy) is 1. The van der Waals surface area contributed by atoms with Crippen molar-refractivity contribution >= 4 is 17.3 Å². The quantitative estimate of drug-likeness (QED) is 0.847. The summed E-state index contributed by atoms with van der Waals surface area (Å²) in [6, 6.07) is 7.93. The number of alkyl halides is 3. The molecule has 0 spiro atoms. The van der Waals surface area contributed by atoms with Gasteiger partial charge in [0.15, 0.2) is 0 Å². The van der Waals surface area contributed by atoms with Crippen LogP contribution >= 0.6 is 0 Å². The summed E-state index contributed by atoms with van der Waals surface area (Å²) in [6.45, 7) is 1.11. The van der Waals surface area contributed by atoms with Crippen LogP contribution in [0.4, 0.5) is 24.5 Å². The third-order valence-electron chi connectivity index (χ3n) is 3.99. The van der Waals surface area contributed by atoms with Crippen molar-refractivity contribution in [1.29, 1.82) is 0 Å². The van der Waals surface area contributed by atoms with Gasteiger partial charge in [0, 0.05) is 30.7 Å². The van der Waals surface area contributed by atoms with Crippen LogP contribution in [0, 0.1) is 0 Å². The van der Waals surface area contributed by atoms with Crippen molar-refractivity contribution in [2.24, 2.45) is 0 Å². The van der Waals surface area contributed by atoms with Gasteiger partial charge in [-0.3, -0.25) is 9.78 Å². The van der Waals surface area contributed by atoms with Crippen molar-refractivity contribution in [1.82, 2.24) is 10.3 Å². The zero-order chi connectivity index (χ0) is 18.6. The molecule has 138 valence electrons. The molecule has 0 aliphatic carbocycles. The van der Waals surface area contributed by atoms with E-state index in [0.29, 0.717) is 18.8 Å². The van der Waals surface area contributed by atoms with Crippen LogP contribution in [0.1, 0.15) is 28.9 Å². The minimum absolute atomic E-state index is 0.0189. The molecule has 0 bridgehead atoms. The second-order valence-electron chi connectivity index (χ2n) is 5.98. The van der Waals surface area contributed by atoms with Gasteiger partial charge in [0.1, 0.15) is 5.69 Å². The third kappa shape index (κ3) is 4.72. The Morgan fingerprint density at radius 1 is 1.23 bits per heavy atom. The lowest BCUT2D eigenvalue weighted by molar-refractivity contribution is -0.137. The van der Waals surface area contributed by atoms with Gasteiger partial charge in [-0.15, -0.1) is 0 Å². The minimum Gasteiger partial charge on any atom is -0.376 e. The van der Waals surface area contributed by atoms with Gasteiger partial charge in [0.25, 0.3) is 5.91 Å². The van der Waals surface area contributed by atoms with E-state index < -0.39 is 11.7 Å². The maximum Gasteiger partial charge on any atom is 0.416 e. The Kier molecular flexibility index (Phi) is 5.41. The van der Waals surface area contributed by atoms with E-state index in [4.69, 9.17) is 4.74 Å². The lowest BCUT2D eigenvalue weighted by Crippen LogP contribution is -2.32. The smallest absolute Gasteiger partial charge is 0.376 e. The number of benzene rings is 1.